The van der Waals surface area contributed by atoms with E-state index in [-0.39, 0.29) is 36.5 Å². The maximum Gasteiger partial charge on any atom is 0.416 e. The van der Waals surface area contributed by atoms with E-state index in [4.69, 9.17) is 23.1 Å². The van der Waals surface area contributed by atoms with Gasteiger partial charge in [0.15, 0.2) is 0 Å². The number of alkyl halides is 3. The summed E-state index contributed by atoms with van der Waals surface area (Å²) < 4.78 is 42.2. The minimum absolute atomic E-state index is 0.0756. The fourth-order valence-corrected chi connectivity index (χ4v) is 7.71. The molecule has 0 saturated carbocycles. The number of unbranched alkanes of at least 4 members (excludes halogenated alkanes) is 1. The number of nitrogens with two attached hydrogens (primary N) is 2. The lowest BCUT2D eigenvalue weighted by atomic mass is 10.0. The molecule has 4 aromatic rings. The summed E-state index contributed by atoms with van der Waals surface area (Å²) in [6.45, 7) is 0.526. The molecule has 0 aliphatic carbocycles. The fourth-order valence-electron chi connectivity index (χ4n) is 6.32. The first kappa shape index (κ1) is 40.0. The zero-order valence-corrected chi connectivity index (χ0v) is 30.8. The van der Waals surface area contributed by atoms with Gasteiger partial charge in [-0.1, -0.05) is 41.6 Å². The number of halogens is 4. The number of para-hydroxylation sites is 1. The standard InChI is InChI=1S/C37H44ClF3N8O3S/c1-49-31(17-22-19-45-27-9-3-2-8-25(22)27)35(51)47-20-23-16-24(37(39,40)41)18-26(38)33(23)53-32-12-7-15-44-30(32)21-46-28(11-6-14-43)34(50)48-29(36(49)52)10-4-5-13-42/h2-3,7-9,12,15-16,18-19,28-29,31,45-46H,4-6,10-11,13-14,17,20-21,42-43H2,1H3,(H,47,51)(H,48,50)/t28-,29-,31-/m0/s1. The molecule has 0 spiro atoms. The third kappa shape index (κ3) is 10.1. The maximum absolute atomic E-state index is 14.4. The van der Waals surface area contributed by atoms with Crippen LogP contribution in [0.25, 0.3) is 10.9 Å². The van der Waals surface area contributed by atoms with E-state index in [1.54, 1.807) is 24.5 Å². The van der Waals surface area contributed by atoms with Crippen LogP contribution < -0.4 is 27.4 Å². The predicted octanol–water partition coefficient (Wildman–Crippen LogP) is 4.90. The Morgan fingerprint density at radius 3 is 2.47 bits per heavy atom. The Balaban J connectivity index is 1.61. The average molecular weight is 773 g/mol. The minimum Gasteiger partial charge on any atom is -0.361 e. The first-order valence-corrected chi connectivity index (χ1v) is 18.6. The number of rotatable bonds is 9. The molecule has 2 aromatic carbocycles. The van der Waals surface area contributed by atoms with E-state index in [0.29, 0.717) is 54.3 Å². The number of hydrogen-bond acceptors (Lipinski definition) is 8. The molecule has 284 valence electrons. The second kappa shape index (κ2) is 18.3. The molecule has 3 atom stereocenters. The lowest BCUT2D eigenvalue weighted by Gasteiger charge is -2.32. The van der Waals surface area contributed by atoms with Gasteiger partial charge in [0.2, 0.25) is 17.7 Å². The second-order valence-electron chi connectivity index (χ2n) is 13.0. The number of aromatic nitrogens is 2. The van der Waals surface area contributed by atoms with Crippen molar-refractivity contribution in [2.75, 3.05) is 20.1 Å². The van der Waals surface area contributed by atoms with Gasteiger partial charge in [-0.15, -0.1) is 0 Å². The zero-order chi connectivity index (χ0) is 38.1. The summed E-state index contributed by atoms with van der Waals surface area (Å²) in [5, 5.41) is 9.69. The van der Waals surface area contributed by atoms with E-state index in [9.17, 15) is 27.6 Å². The van der Waals surface area contributed by atoms with Crippen molar-refractivity contribution >= 4 is 52.0 Å². The summed E-state index contributed by atoms with van der Waals surface area (Å²) in [4.78, 5) is 52.4. The van der Waals surface area contributed by atoms with Gasteiger partial charge in [0.1, 0.15) is 12.1 Å². The molecule has 8 N–H and O–H groups in total. The van der Waals surface area contributed by atoms with Crippen LogP contribution in [0.3, 0.4) is 0 Å². The lowest BCUT2D eigenvalue weighted by Crippen LogP contribution is -2.57. The molecule has 11 nitrogen and oxygen atoms in total. The Labute approximate surface area is 315 Å². The summed E-state index contributed by atoms with van der Waals surface area (Å²) in [7, 11) is 1.49. The Morgan fingerprint density at radius 2 is 1.72 bits per heavy atom. The number of carbonyl (C=O) groups excluding carboxylic acids is 3. The van der Waals surface area contributed by atoms with Crippen molar-refractivity contribution in [3.63, 3.8) is 0 Å². The van der Waals surface area contributed by atoms with Crippen LogP contribution in [0.2, 0.25) is 5.02 Å². The van der Waals surface area contributed by atoms with Gasteiger partial charge in [-0.3, -0.25) is 19.4 Å². The quantitative estimate of drug-likeness (QED) is 0.131. The van der Waals surface area contributed by atoms with Gasteiger partial charge in [0.05, 0.1) is 22.3 Å². The van der Waals surface area contributed by atoms with Gasteiger partial charge < -0.3 is 37.3 Å². The molecule has 0 bridgehead atoms. The number of aromatic amines is 1. The van der Waals surface area contributed by atoms with E-state index in [1.807, 2.05) is 24.3 Å². The SMILES string of the molecule is CN1C(=O)[C@H](CCCCN)NC(=O)[C@H](CCCN)NCc2ncccc2Sc2c(Cl)cc(C(F)(F)F)cc2CNC(=O)[C@@H]1Cc1c[nH]c2ccccc12. The Kier molecular flexibility index (Phi) is 13.8. The Morgan fingerprint density at radius 1 is 0.962 bits per heavy atom. The topological polar surface area (TPSA) is 171 Å². The molecule has 0 radical (unpaired) electrons. The predicted molar refractivity (Wildman–Crippen MR) is 199 cm³/mol. The summed E-state index contributed by atoms with van der Waals surface area (Å²) in [6, 6.07) is 9.91. The highest BCUT2D eigenvalue weighted by Gasteiger charge is 2.35. The van der Waals surface area contributed by atoms with Crippen molar-refractivity contribution in [2.45, 2.75) is 85.7 Å². The van der Waals surface area contributed by atoms with Crippen LogP contribution in [0.4, 0.5) is 13.2 Å². The van der Waals surface area contributed by atoms with Crippen LogP contribution in [0.5, 0.6) is 0 Å². The van der Waals surface area contributed by atoms with Crippen LogP contribution in [-0.4, -0.2) is 70.9 Å². The summed E-state index contributed by atoms with van der Waals surface area (Å²) in [5.74, 6) is -1.52. The molecule has 3 heterocycles. The number of amides is 3. The molecule has 53 heavy (non-hydrogen) atoms. The number of carbonyl (C=O) groups is 3. The largest absolute Gasteiger partial charge is 0.416 e. The van der Waals surface area contributed by atoms with Gasteiger partial charge in [-0.25, -0.2) is 0 Å². The monoisotopic (exact) mass is 772 g/mol. The third-order valence-corrected chi connectivity index (χ3v) is 10.9. The molecule has 1 aliphatic heterocycles. The van der Waals surface area contributed by atoms with Crippen LogP contribution in [0.1, 0.15) is 54.5 Å². The van der Waals surface area contributed by atoms with Gasteiger partial charge >= 0.3 is 6.18 Å². The molecule has 16 heteroatoms. The van der Waals surface area contributed by atoms with E-state index < -0.39 is 47.6 Å². The number of benzene rings is 2. The van der Waals surface area contributed by atoms with E-state index >= 15 is 0 Å². The average Bonchev–Trinajstić information content (AvgIpc) is 3.55. The normalized spacial score (nSPS) is 19.3. The molecule has 1 aliphatic rings. The minimum atomic E-state index is -4.70. The van der Waals surface area contributed by atoms with Crippen molar-refractivity contribution in [2.24, 2.45) is 11.5 Å². The Bertz CT molecular complexity index is 1910. The molecule has 0 unspecified atom stereocenters. The molecule has 3 amide bonds. The first-order valence-electron chi connectivity index (χ1n) is 17.5. The highest BCUT2D eigenvalue weighted by Crippen LogP contribution is 2.41. The molecule has 2 aromatic heterocycles. The van der Waals surface area contributed by atoms with Crippen LogP contribution in [-0.2, 0) is 40.1 Å². The maximum atomic E-state index is 14.4. The molecule has 0 saturated heterocycles. The van der Waals surface area contributed by atoms with E-state index in [0.717, 1.165) is 40.4 Å². The van der Waals surface area contributed by atoms with Crippen molar-refractivity contribution in [3.05, 3.63) is 88.3 Å². The van der Waals surface area contributed by atoms with Gasteiger partial charge in [0.25, 0.3) is 0 Å². The number of nitrogens with one attached hydrogen (secondary N) is 4. The highest BCUT2D eigenvalue weighted by molar-refractivity contribution is 7.99. The molecule has 0 fully saturated rings. The molecular weight excluding hydrogens is 729 g/mol. The van der Waals surface area contributed by atoms with Crippen LogP contribution >= 0.6 is 23.4 Å². The number of H-pyrrole nitrogens is 1. The zero-order valence-electron chi connectivity index (χ0n) is 29.3. The molecular formula is C37H44ClF3N8O3S. The number of nitrogens with zero attached hydrogens (tertiary/aromatic N) is 2. The number of pyridine rings is 1. The third-order valence-electron chi connectivity index (χ3n) is 9.26. The summed E-state index contributed by atoms with van der Waals surface area (Å²) in [6.07, 6.45) is 0.996. The van der Waals surface area contributed by atoms with Gasteiger partial charge in [0, 0.05) is 59.6 Å². The number of hydrogen-bond donors (Lipinski definition) is 6. The second-order valence-corrected chi connectivity index (χ2v) is 14.4. The summed E-state index contributed by atoms with van der Waals surface area (Å²) in [5.41, 5.74) is 12.8. The molecule has 5 rings (SSSR count). The first-order chi connectivity index (χ1) is 25.4. The van der Waals surface area contributed by atoms with Crippen molar-refractivity contribution in [1.29, 1.82) is 0 Å². The summed E-state index contributed by atoms with van der Waals surface area (Å²) >= 11 is 7.68. The van der Waals surface area contributed by atoms with E-state index in [1.165, 1.54) is 11.9 Å². The van der Waals surface area contributed by atoms with Crippen molar-refractivity contribution < 1.29 is 27.6 Å². The van der Waals surface area contributed by atoms with E-state index in [2.05, 4.69) is 25.9 Å². The van der Waals surface area contributed by atoms with Gasteiger partial charge in [-0.2, -0.15) is 13.2 Å². The number of fused-ring (bicyclic) bond motifs is 3. The van der Waals surface area contributed by atoms with Crippen LogP contribution in [0.15, 0.2) is 70.7 Å². The smallest absolute Gasteiger partial charge is 0.361 e. The lowest BCUT2D eigenvalue weighted by molar-refractivity contribution is -0.142. The van der Waals surface area contributed by atoms with Crippen molar-refractivity contribution in [1.82, 2.24) is 30.8 Å². The highest BCUT2D eigenvalue weighted by atomic mass is 35.5. The fraction of sp³-hybridized carbons (Fsp3) is 0.405. The van der Waals surface area contributed by atoms with Gasteiger partial charge in [-0.05, 0) is 86.7 Å². The number of likely N-dealkylation sites (N-methyl/N-ethyl adjacent to an activating group) is 1. The van der Waals surface area contributed by atoms with Crippen LogP contribution in [0, 0.1) is 0 Å². The Hall–Kier alpha value is -4.15. The van der Waals surface area contributed by atoms with Crippen molar-refractivity contribution in [3.8, 4) is 0 Å².